The summed E-state index contributed by atoms with van der Waals surface area (Å²) in [6.45, 7) is 2.50. The molecule has 1 aromatic heterocycles. The first-order valence-electron chi connectivity index (χ1n) is 7.41. The molecule has 0 saturated carbocycles. The summed E-state index contributed by atoms with van der Waals surface area (Å²) in [6.07, 6.45) is 2.25. The number of nitrogens with zero attached hydrogens (tertiary/aromatic N) is 4. The van der Waals surface area contributed by atoms with Crippen LogP contribution in [0.4, 0.5) is 0 Å². The molecule has 0 bridgehead atoms. The van der Waals surface area contributed by atoms with E-state index in [0.29, 0.717) is 18.3 Å². The molecule has 0 amide bonds. The van der Waals surface area contributed by atoms with Gasteiger partial charge in [0.05, 0.1) is 0 Å². The van der Waals surface area contributed by atoms with Crippen molar-refractivity contribution >= 4 is 0 Å². The van der Waals surface area contributed by atoms with Gasteiger partial charge in [-0.05, 0) is 42.6 Å². The van der Waals surface area contributed by atoms with E-state index >= 15 is 0 Å². The van der Waals surface area contributed by atoms with Gasteiger partial charge < -0.3 is 10.1 Å². The lowest BCUT2D eigenvalue weighted by Crippen LogP contribution is -2.34. The van der Waals surface area contributed by atoms with E-state index in [9.17, 15) is 0 Å². The minimum Gasteiger partial charge on any atom is -0.377 e. The molecule has 0 unspecified atom stereocenters. The van der Waals surface area contributed by atoms with Crippen molar-refractivity contribution in [3.8, 4) is 0 Å². The first kappa shape index (κ1) is 14.2. The second-order valence-corrected chi connectivity index (χ2v) is 5.40. The summed E-state index contributed by atoms with van der Waals surface area (Å²) < 4.78 is 5.08. The summed E-state index contributed by atoms with van der Waals surface area (Å²) in [5.74, 6) is 1.16. The molecule has 3 rings (SSSR count). The van der Waals surface area contributed by atoms with Gasteiger partial charge in [-0.2, -0.15) is 4.80 Å². The summed E-state index contributed by atoms with van der Waals surface area (Å²) in [7, 11) is 1.64. The lowest BCUT2D eigenvalue weighted by Gasteiger charge is -2.30. The molecular weight excluding hydrogens is 266 g/mol. The number of rotatable bonds is 5. The van der Waals surface area contributed by atoms with E-state index in [4.69, 9.17) is 4.74 Å². The molecule has 1 atom stereocenters. The number of piperidine rings is 1. The van der Waals surface area contributed by atoms with Crippen molar-refractivity contribution in [2.75, 3.05) is 20.2 Å². The Labute approximate surface area is 124 Å². The van der Waals surface area contributed by atoms with Crippen LogP contribution in [0, 0.1) is 5.92 Å². The second kappa shape index (κ2) is 6.78. The third-order valence-electron chi connectivity index (χ3n) is 3.96. The summed E-state index contributed by atoms with van der Waals surface area (Å²) in [6, 6.07) is 10.6. The quantitative estimate of drug-likeness (QED) is 0.900. The molecule has 1 saturated heterocycles. The lowest BCUT2D eigenvalue weighted by molar-refractivity contribution is 0.176. The fraction of sp³-hybridized carbons (Fsp3) is 0.533. The minimum atomic E-state index is 0.145. The van der Waals surface area contributed by atoms with E-state index in [2.05, 4.69) is 45.0 Å². The molecule has 1 aromatic carbocycles. The molecular formula is C15H21N5O. The Morgan fingerprint density at radius 3 is 2.76 bits per heavy atom. The van der Waals surface area contributed by atoms with Gasteiger partial charge in [-0.3, -0.25) is 0 Å². The van der Waals surface area contributed by atoms with Crippen LogP contribution in [0.5, 0.6) is 0 Å². The Morgan fingerprint density at radius 1 is 1.29 bits per heavy atom. The number of nitrogens with one attached hydrogen (secondary N) is 1. The van der Waals surface area contributed by atoms with Crippen molar-refractivity contribution in [2.45, 2.75) is 25.5 Å². The zero-order valence-electron chi connectivity index (χ0n) is 12.3. The predicted octanol–water partition coefficient (Wildman–Crippen LogP) is 1.41. The number of ether oxygens (including phenoxy) is 1. The molecule has 6 nitrogen and oxygen atoms in total. The number of hydrogen-bond donors (Lipinski definition) is 1. The fourth-order valence-electron chi connectivity index (χ4n) is 2.96. The monoisotopic (exact) mass is 287 g/mol. The maximum atomic E-state index is 5.08. The molecule has 1 N–H and O–H groups in total. The number of methoxy groups -OCH3 is 1. The Hall–Kier alpha value is -1.79. The molecule has 1 fully saturated rings. The van der Waals surface area contributed by atoms with E-state index in [-0.39, 0.29) is 6.04 Å². The number of aromatic nitrogens is 4. The topological polar surface area (TPSA) is 64.9 Å². The van der Waals surface area contributed by atoms with Crippen molar-refractivity contribution in [3.63, 3.8) is 0 Å². The smallest absolute Gasteiger partial charge is 0.200 e. The van der Waals surface area contributed by atoms with Crippen LogP contribution in [-0.2, 0) is 11.3 Å². The SMILES string of the molecule is COCc1nnn([C@@H](c2ccccc2)C2CCNCC2)n1. The normalized spacial score (nSPS) is 17.8. The van der Waals surface area contributed by atoms with E-state index in [1.54, 1.807) is 11.9 Å². The Morgan fingerprint density at radius 2 is 2.05 bits per heavy atom. The highest BCUT2D eigenvalue weighted by molar-refractivity contribution is 5.20. The lowest BCUT2D eigenvalue weighted by atomic mass is 9.86. The summed E-state index contributed by atoms with van der Waals surface area (Å²) in [5.41, 5.74) is 1.24. The van der Waals surface area contributed by atoms with Crippen molar-refractivity contribution in [2.24, 2.45) is 5.92 Å². The molecule has 2 aromatic rings. The van der Waals surface area contributed by atoms with Crippen LogP contribution in [-0.4, -0.2) is 40.4 Å². The van der Waals surface area contributed by atoms with Crippen molar-refractivity contribution in [3.05, 3.63) is 41.7 Å². The van der Waals surface area contributed by atoms with Crippen LogP contribution >= 0.6 is 0 Å². The third kappa shape index (κ3) is 3.28. The molecule has 0 aliphatic carbocycles. The van der Waals surface area contributed by atoms with E-state index in [0.717, 1.165) is 25.9 Å². The summed E-state index contributed by atoms with van der Waals surface area (Å²) in [4.78, 5) is 1.76. The highest BCUT2D eigenvalue weighted by Crippen LogP contribution is 2.31. The Balaban J connectivity index is 1.90. The van der Waals surface area contributed by atoms with Crippen molar-refractivity contribution < 1.29 is 4.74 Å². The van der Waals surface area contributed by atoms with E-state index < -0.39 is 0 Å². The van der Waals surface area contributed by atoms with Crippen LogP contribution in [0.15, 0.2) is 30.3 Å². The molecule has 2 heterocycles. The average molecular weight is 287 g/mol. The predicted molar refractivity (Wildman–Crippen MR) is 78.7 cm³/mol. The molecule has 112 valence electrons. The highest BCUT2D eigenvalue weighted by Gasteiger charge is 2.28. The van der Waals surface area contributed by atoms with Crippen molar-refractivity contribution in [1.82, 2.24) is 25.5 Å². The van der Waals surface area contributed by atoms with Gasteiger partial charge in [0, 0.05) is 7.11 Å². The van der Waals surface area contributed by atoms with Crippen LogP contribution in [0.25, 0.3) is 0 Å². The van der Waals surface area contributed by atoms with Gasteiger partial charge in [0.25, 0.3) is 0 Å². The molecule has 21 heavy (non-hydrogen) atoms. The van der Waals surface area contributed by atoms with Gasteiger partial charge in [-0.15, -0.1) is 10.2 Å². The number of hydrogen-bond acceptors (Lipinski definition) is 5. The number of benzene rings is 1. The Kier molecular flexibility index (Phi) is 4.57. The molecule has 6 heteroatoms. The third-order valence-corrected chi connectivity index (χ3v) is 3.96. The van der Waals surface area contributed by atoms with Gasteiger partial charge in [0.1, 0.15) is 12.6 Å². The first-order valence-corrected chi connectivity index (χ1v) is 7.41. The molecule has 1 aliphatic rings. The molecule has 0 radical (unpaired) electrons. The van der Waals surface area contributed by atoms with Gasteiger partial charge in [-0.1, -0.05) is 30.3 Å². The van der Waals surface area contributed by atoms with Crippen molar-refractivity contribution in [1.29, 1.82) is 0 Å². The van der Waals surface area contributed by atoms with Gasteiger partial charge in [-0.25, -0.2) is 0 Å². The fourth-order valence-corrected chi connectivity index (χ4v) is 2.96. The average Bonchev–Trinajstić information content (AvgIpc) is 2.98. The molecule has 1 aliphatic heterocycles. The summed E-state index contributed by atoms with van der Waals surface area (Å²) >= 11 is 0. The van der Waals surface area contributed by atoms with E-state index in [1.807, 2.05) is 6.07 Å². The van der Waals surface area contributed by atoms with Crippen LogP contribution in [0.2, 0.25) is 0 Å². The highest BCUT2D eigenvalue weighted by atomic mass is 16.5. The van der Waals surface area contributed by atoms with Gasteiger partial charge in [0.15, 0.2) is 5.82 Å². The Bertz CT molecular complexity index is 550. The van der Waals surface area contributed by atoms with Gasteiger partial charge in [0.2, 0.25) is 0 Å². The zero-order valence-corrected chi connectivity index (χ0v) is 12.3. The summed E-state index contributed by atoms with van der Waals surface area (Å²) in [5, 5.41) is 16.3. The maximum absolute atomic E-state index is 5.08. The second-order valence-electron chi connectivity index (χ2n) is 5.40. The van der Waals surface area contributed by atoms with Crippen LogP contribution in [0.3, 0.4) is 0 Å². The largest absolute Gasteiger partial charge is 0.377 e. The standard InChI is InChI=1S/C15H21N5O/c1-21-11-14-17-19-20(18-14)15(12-5-3-2-4-6-12)13-7-9-16-10-8-13/h2-6,13,15-16H,7-11H2,1H3/t15-/m0/s1. The minimum absolute atomic E-state index is 0.145. The number of tetrazole rings is 1. The van der Waals surface area contributed by atoms with E-state index in [1.165, 1.54) is 5.56 Å². The maximum Gasteiger partial charge on any atom is 0.200 e. The van der Waals surface area contributed by atoms with Crippen LogP contribution < -0.4 is 5.32 Å². The van der Waals surface area contributed by atoms with Crippen LogP contribution in [0.1, 0.15) is 30.3 Å². The zero-order chi connectivity index (χ0) is 14.5. The first-order chi connectivity index (χ1) is 10.4. The molecule has 0 spiro atoms. The van der Waals surface area contributed by atoms with Gasteiger partial charge >= 0.3 is 0 Å².